The van der Waals surface area contributed by atoms with E-state index in [9.17, 15) is 22.8 Å². The van der Waals surface area contributed by atoms with Crippen LogP contribution in [0, 0.1) is 0 Å². The lowest BCUT2D eigenvalue weighted by atomic mass is 10.2. The highest BCUT2D eigenvalue weighted by Gasteiger charge is 2.29. The van der Waals surface area contributed by atoms with E-state index in [1.54, 1.807) is 4.90 Å². The Morgan fingerprint density at radius 1 is 1.30 bits per heavy atom. The highest BCUT2D eigenvalue weighted by molar-refractivity contribution is 5.98. The summed E-state index contributed by atoms with van der Waals surface area (Å²) in [5, 5.41) is 2.38. The molecule has 9 heteroatoms. The number of rotatable bonds is 5. The third-order valence-electron chi connectivity index (χ3n) is 3.25. The second-order valence-corrected chi connectivity index (χ2v) is 5.03. The number of likely N-dealkylation sites (tertiary alicyclic amines) is 1. The van der Waals surface area contributed by atoms with Gasteiger partial charge in [-0.25, -0.2) is 4.98 Å². The van der Waals surface area contributed by atoms with E-state index in [-0.39, 0.29) is 18.0 Å². The van der Waals surface area contributed by atoms with Gasteiger partial charge in [0.05, 0.1) is 6.54 Å². The number of alkyl halides is 3. The monoisotopic (exact) mass is 331 g/mol. The van der Waals surface area contributed by atoms with Crippen LogP contribution in [0.2, 0.25) is 0 Å². The van der Waals surface area contributed by atoms with Crippen molar-refractivity contribution in [3.63, 3.8) is 0 Å². The Bertz CT molecular complexity index is 572. The Morgan fingerprint density at radius 3 is 2.65 bits per heavy atom. The number of hydrogen-bond acceptors (Lipinski definition) is 4. The molecule has 0 aromatic carbocycles. The van der Waals surface area contributed by atoms with Crippen molar-refractivity contribution in [3.05, 3.63) is 23.9 Å². The van der Waals surface area contributed by atoms with Crippen LogP contribution in [0.4, 0.5) is 13.2 Å². The quantitative estimate of drug-likeness (QED) is 0.885. The molecule has 126 valence electrons. The van der Waals surface area contributed by atoms with E-state index in [0.29, 0.717) is 13.1 Å². The summed E-state index contributed by atoms with van der Waals surface area (Å²) in [4.78, 5) is 29.1. The Morgan fingerprint density at radius 2 is 2.00 bits per heavy atom. The Balaban J connectivity index is 1.94. The fourth-order valence-electron chi connectivity index (χ4n) is 2.16. The van der Waals surface area contributed by atoms with Gasteiger partial charge in [-0.1, -0.05) is 0 Å². The lowest BCUT2D eigenvalue weighted by Gasteiger charge is -2.16. The molecule has 0 saturated carbocycles. The van der Waals surface area contributed by atoms with Crippen molar-refractivity contribution in [1.29, 1.82) is 0 Å². The topological polar surface area (TPSA) is 71.5 Å². The van der Waals surface area contributed by atoms with Crippen LogP contribution in [0.3, 0.4) is 0 Å². The van der Waals surface area contributed by atoms with Gasteiger partial charge < -0.3 is 15.0 Å². The summed E-state index contributed by atoms with van der Waals surface area (Å²) < 4.78 is 41.1. The first kappa shape index (κ1) is 17.0. The molecular formula is C14H16F3N3O3. The maximum absolute atomic E-state index is 12.2. The fourth-order valence-corrected chi connectivity index (χ4v) is 2.16. The van der Waals surface area contributed by atoms with E-state index in [4.69, 9.17) is 0 Å². The molecule has 0 unspecified atom stereocenters. The third kappa shape index (κ3) is 5.11. The number of amides is 2. The number of hydrogen-bond donors (Lipinski definition) is 1. The molecule has 2 rings (SSSR count). The molecule has 1 fully saturated rings. The van der Waals surface area contributed by atoms with Crippen LogP contribution in [0.1, 0.15) is 23.2 Å². The minimum absolute atomic E-state index is 0.147. The highest BCUT2D eigenvalue weighted by atomic mass is 19.4. The predicted molar refractivity (Wildman–Crippen MR) is 73.9 cm³/mol. The molecule has 0 spiro atoms. The third-order valence-corrected chi connectivity index (χ3v) is 3.25. The molecule has 2 amide bonds. The molecule has 0 atom stereocenters. The first-order valence-corrected chi connectivity index (χ1v) is 7.07. The maximum atomic E-state index is 12.2. The number of pyridine rings is 1. The number of aromatic nitrogens is 1. The molecule has 0 aliphatic carbocycles. The number of halogens is 3. The summed E-state index contributed by atoms with van der Waals surface area (Å²) >= 11 is 0. The molecule has 2 heterocycles. The molecule has 1 aliphatic rings. The SMILES string of the molecule is O=C(NCC(=O)N1CCCC1)c1cccnc1OCC(F)(F)F. The predicted octanol–water partition coefficient (Wildman–Crippen LogP) is 1.37. The molecule has 1 N–H and O–H groups in total. The molecule has 1 aromatic rings. The molecule has 1 aliphatic heterocycles. The van der Waals surface area contributed by atoms with E-state index in [1.807, 2.05) is 0 Å². The minimum Gasteiger partial charge on any atom is -0.467 e. The van der Waals surface area contributed by atoms with E-state index in [2.05, 4.69) is 15.0 Å². The Hall–Kier alpha value is -2.32. The number of carbonyl (C=O) groups is 2. The summed E-state index contributed by atoms with van der Waals surface area (Å²) in [6.45, 7) is -0.452. The smallest absolute Gasteiger partial charge is 0.422 e. The molecule has 1 aromatic heterocycles. The second kappa shape index (κ2) is 7.30. The maximum Gasteiger partial charge on any atom is 0.422 e. The molecule has 6 nitrogen and oxygen atoms in total. The van der Waals surface area contributed by atoms with Gasteiger partial charge in [-0.05, 0) is 25.0 Å². The second-order valence-electron chi connectivity index (χ2n) is 5.03. The zero-order valence-corrected chi connectivity index (χ0v) is 12.2. The largest absolute Gasteiger partial charge is 0.467 e. The summed E-state index contributed by atoms with van der Waals surface area (Å²) in [6.07, 6.45) is -1.45. The molecule has 23 heavy (non-hydrogen) atoms. The number of nitrogens with one attached hydrogen (secondary N) is 1. The van der Waals surface area contributed by atoms with Crippen molar-refractivity contribution in [1.82, 2.24) is 15.2 Å². The van der Waals surface area contributed by atoms with Gasteiger partial charge in [0.1, 0.15) is 5.56 Å². The molecule has 0 bridgehead atoms. The standard InChI is InChI=1S/C14H16F3N3O3/c15-14(16,17)9-23-13-10(4-3-5-18-13)12(22)19-8-11(21)20-6-1-2-7-20/h3-5H,1-2,6-9H2,(H,19,22). The van der Waals surface area contributed by atoms with E-state index in [0.717, 1.165) is 12.8 Å². The zero-order valence-electron chi connectivity index (χ0n) is 12.2. The molecule has 0 radical (unpaired) electrons. The Kier molecular flexibility index (Phi) is 5.41. The summed E-state index contributed by atoms with van der Waals surface area (Å²) in [5.74, 6) is -1.35. The fraction of sp³-hybridized carbons (Fsp3) is 0.500. The van der Waals surface area contributed by atoms with Crippen LogP contribution >= 0.6 is 0 Å². The molecular weight excluding hydrogens is 315 g/mol. The van der Waals surface area contributed by atoms with E-state index < -0.39 is 24.6 Å². The van der Waals surface area contributed by atoms with Gasteiger partial charge in [-0.15, -0.1) is 0 Å². The van der Waals surface area contributed by atoms with Crippen molar-refractivity contribution >= 4 is 11.8 Å². The minimum atomic E-state index is -4.53. The van der Waals surface area contributed by atoms with Gasteiger partial charge in [-0.2, -0.15) is 13.2 Å². The van der Waals surface area contributed by atoms with Crippen LogP contribution in [0.25, 0.3) is 0 Å². The van der Waals surface area contributed by atoms with Crippen LogP contribution in [-0.2, 0) is 4.79 Å². The Labute approximate surface area is 130 Å². The van der Waals surface area contributed by atoms with Gasteiger partial charge in [-0.3, -0.25) is 9.59 Å². The van der Waals surface area contributed by atoms with Gasteiger partial charge >= 0.3 is 6.18 Å². The summed E-state index contributed by atoms with van der Waals surface area (Å²) in [6, 6.07) is 2.69. The van der Waals surface area contributed by atoms with Gasteiger partial charge in [0, 0.05) is 19.3 Å². The summed E-state index contributed by atoms with van der Waals surface area (Å²) in [7, 11) is 0. The number of nitrogens with zero attached hydrogens (tertiary/aromatic N) is 2. The van der Waals surface area contributed by atoms with E-state index in [1.165, 1.54) is 18.3 Å². The average molecular weight is 331 g/mol. The van der Waals surface area contributed by atoms with Crippen molar-refractivity contribution in [2.24, 2.45) is 0 Å². The van der Waals surface area contributed by atoms with Crippen molar-refractivity contribution in [3.8, 4) is 5.88 Å². The molecule has 1 saturated heterocycles. The first-order chi connectivity index (χ1) is 10.9. The number of ether oxygens (including phenoxy) is 1. The van der Waals surface area contributed by atoms with Crippen molar-refractivity contribution < 1.29 is 27.5 Å². The summed E-state index contributed by atoms with van der Waals surface area (Å²) in [5.41, 5.74) is -0.147. The van der Waals surface area contributed by atoms with E-state index >= 15 is 0 Å². The van der Waals surface area contributed by atoms with Crippen molar-refractivity contribution in [2.75, 3.05) is 26.2 Å². The zero-order chi connectivity index (χ0) is 16.9. The van der Waals surface area contributed by atoms with Gasteiger partial charge in [0.25, 0.3) is 5.91 Å². The van der Waals surface area contributed by atoms with Crippen LogP contribution in [-0.4, -0.2) is 54.1 Å². The average Bonchev–Trinajstić information content (AvgIpc) is 3.04. The van der Waals surface area contributed by atoms with Crippen molar-refractivity contribution in [2.45, 2.75) is 19.0 Å². The van der Waals surface area contributed by atoms with Crippen LogP contribution in [0.15, 0.2) is 18.3 Å². The number of carbonyl (C=O) groups excluding carboxylic acids is 2. The first-order valence-electron chi connectivity index (χ1n) is 7.07. The van der Waals surface area contributed by atoms with Crippen LogP contribution in [0.5, 0.6) is 5.88 Å². The normalized spacial score (nSPS) is 14.7. The van der Waals surface area contributed by atoms with Gasteiger partial charge in [0.2, 0.25) is 11.8 Å². The van der Waals surface area contributed by atoms with Crippen LogP contribution < -0.4 is 10.1 Å². The lowest BCUT2D eigenvalue weighted by molar-refractivity contribution is -0.154. The lowest BCUT2D eigenvalue weighted by Crippen LogP contribution is -2.38. The highest BCUT2D eigenvalue weighted by Crippen LogP contribution is 2.19. The van der Waals surface area contributed by atoms with Gasteiger partial charge in [0.15, 0.2) is 6.61 Å².